The van der Waals surface area contributed by atoms with Crippen LogP contribution in [0.4, 0.5) is 10.2 Å². The van der Waals surface area contributed by atoms with Gasteiger partial charge in [-0.3, -0.25) is 9.36 Å². The van der Waals surface area contributed by atoms with Crippen LogP contribution in [0.25, 0.3) is 27.8 Å². The zero-order valence-electron chi connectivity index (χ0n) is 18.7. The SMILES string of the molecule is C=CC(=O)N(CCn1nc(-n2ccc3cc(F)cc(O)c32)c2c(N)ncnc21)Cc1ccccc1. The lowest BCUT2D eigenvalue weighted by molar-refractivity contribution is -0.126. The van der Waals surface area contributed by atoms with Crippen LogP contribution in [0.5, 0.6) is 5.75 Å². The summed E-state index contributed by atoms with van der Waals surface area (Å²) in [6.45, 7) is 4.68. The van der Waals surface area contributed by atoms with E-state index >= 15 is 0 Å². The minimum Gasteiger partial charge on any atom is -0.506 e. The van der Waals surface area contributed by atoms with Gasteiger partial charge in [0.1, 0.15) is 29.1 Å². The second-order valence-electron chi connectivity index (χ2n) is 8.00. The number of aromatic hydroxyl groups is 1. The van der Waals surface area contributed by atoms with Crippen LogP contribution < -0.4 is 5.73 Å². The Bertz CT molecular complexity index is 1560. The van der Waals surface area contributed by atoms with Gasteiger partial charge in [0.15, 0.2) is 11.5 Å². The average molecular weight is 471 g/mol. The first-order valence-corrected chi connectivity index (χ1v) is 10.9. The maximum atomic E-state index is 13.8. The fraction of sp³-hybridized carbons (Fsp3) is 0.120. The number of nitrogens with two attached hydrogens (primary N) is 1. The Kier molecular flexibility index (Phi) is 5.61. The molecule has 0 spiro atoms. The lowest BCUT2D eigenvalue weighted by Crippen LogP contribution is -2.32. The normalized spacial score (nSPS) is 11.2. The minimum atomic E-state index is -0.545. The Morgan fingerprint density at radius 2 is 2.00 bits per heavy atom. The van der Waals surface area contributed by atoms with Crippen LogP contribution in [-0.4, -0.2) is 46.8 Å². The summed E-state index contributed by atoms with van der Waals surface area (Å²) in [5.74, 6) is -0.379. The van der Waals surface area contributed by atoms with Gasteiger partial charge < -0.3 is 15.7 Å². The molecule has 0 radical (unpaired) electrons. The minimum absolute atomic E-state index is 0.206. The molecule has 0 aliphatic rings. The number of halogens is 1. The van der Waals surface area contributed by atoms with Gasteiger partial charge in [0.2, 0.25) is 5.91 Å². The van der Waals surface area contributed by atoms with Crippen LogP contribution in [0.1, 0.15) is 5.56 Å². The molecule has 0 atom stereocenters. The number of anilines is 1. The molecular weight excluding hydrogens is 449 g/mol. The highest BCUT2D eigenvalue weighted by Crippen LogP contribution is 2.33. The van der Waals surface area contributed by atoms with Crippen molar-refractivity contribution in [3.05, 3.63) is 85.1 Å². The molecule has 176 valence electrons. The Labute approximate surface area is 199 Å². The maximum absolute atomic E-state index is 13.8. The summed E-state index contributed by atoms with van der Waals surface area (Å²) in [5, 5.41) is 16.1. The van der Waals surface area contributed by atoms with Crippen molar-refractivity contribution < 1.29 is 14.3 Å². The number of benzene rings is 2. The number of amides is 1. The number of nitrogens with zero attached hydrogens (tertiary/aromatic N) is 6. The molecule has 0 bridgehead atoms. The number of rotatable bonds is 7. The number of nitrogen functional groups attached to an aromatic ring is 1. The first-order valence-electron chi connectivity index (χ1n) is 10.9. The number of phenols is 1. The van der Waals surface area contributed by atoms with Crippen molar-refractivity contribution in [2.75, 3.05) is 12.3 Å². The molecule has 3 heterocycles. The highest BCUT2D eigenvalue weighted by atomic mass is 19.1. The Morgan fingerprint density at radius 3 is 2.77 bits per heavy atom. The topological polar surface area (TPSA) is 115 Å². The molecule has 0 aliphatic heterocycles. The second-order valence-corrected chi connectivity index (χ2v) is 8.00. The summed E-state index contributed by atoms with van der Waals surface area (Å²) in [7, 11) is 0. The van der Waals surface area contributed by atoms with E-state index in [-0.39, 0.29) is 17.5 Å². The quantitative estimate of drug-likeness (QED) is 0.352. The molecule has 0 unspecified atom stereocenters. The Balaban J connectivity index is 1.54. The first-order chi connectivity index (χ1) is 17.0. The largest absolute Gasteiger partial charge is 0.506 e. The number of aromatic nitrogens is 5. The highest BCUT2D eigenvalue weighted by molar-refractivity contribution is 5.96. The first kappa shape index (κ1) is 22.1. The lowest BCUT2D eigenvalue weighted by Gasteiger charge is -2.21. The van der Waals surface area contributed by atoms with Gasteiger partial charge in [0.05, 0.1) is 12.1 Å². The van der Waals surface area contributed by atoms with Crippen LogP contribution in [0.15, 0.2) is 73.7 Å². The summed E-state index contributed by atoms with van der Waals surface area (Å²) in [6.07, 6.45) is 4.30. The van der Waals surface area contributed by atoms with Gasteiger partial charge in [0.25, 0.3) is 0 Å². The highest BCUT2D eigenvalue weighted by Gasteiger charge is 2.21. The molecule has 0 saturated carbocycles. The average Bonchev–Trinajstić information content (AvgIpc) is 3.44. The number of carbonyl (C=O) groups excluding carboxylic acids is 1. The van der Waals surface area contributed by atoms with Crippen LogP contribution >= 0.6 is 0 Å². The van der Waals surface area contributed by atoms with E-state index in [1.807, 2.05) is 30.3 Å². The molecule has 5 aromatic rings. The summed E-state index contributed by atoms with van der Waals surface area (Å²) in [4.78, 5) is 22.7. The van der Waals surface area contributed by atoms with Crippen LogP contribution in [0.3, 0.4) is 0 Å². The van der Waals surface area contributed by atoms with Gasteiger partial charge in [-0.25, -0.2) is 19.0 Å². The summed E-state index contributed by atoms with van der Waals surface area (Å²) < 4.78 is 17.1. The van der Waals surface area contributed by atoms with Gasteiger partial charge in [-0.2, -0.15) is 5.10 Å². The molecule has 2 aromatic carbocycles. The van der Waals surface area contributed by atoms with Crippen molar-refractivity contribution in [1.29, 1.82) is 0 Å². The smallest absolute Gasteiger partial charge is 0.246 e. The second kappa shape index (κ2) is 8.90. The summed E-state index contributed by atoms with van der Waals surface area (Å²) >= 11 is 0. The molecule has 5 rings (SSSR count). The Hall–Kier alpha value is -4.73. The molecule has 1 amide bonds. The van der Waals surface area contributed by atoms with E-state index in [9.17, 15) is 14.3 Å². The van der Waals surface area contributed by atoms with E-state index < -0.39 is 5.82 Å². The van der Waals surface area contributed by atoms with E-state index in [1.165, 1.54) is 18.5 Å². The summed E-state index contributed by atoms with van der Waals surface area (Å²) in [6, 6.07) is 13.7. The van der Waals surface area contributed by atoms with Gasteiger partial charge in [-0.1, -0.05) is 36.9 Å². The predicted molar refractivity (Wildman–Crippen MR) is 130 cm³/mol. The zero-order chi connectivity index (χ0) is 24.5. The predicted octanol–water partition coefficient (Wildman–Crippen LogP) is 3.41. The zero-order valence-corrected chi connectivity index (χ0v) is 18.7. The van der Waals surface area contributed by atoms with Crippen molar-refractivity contribution >= 4 is 33.7 Å². The third-order valence-electron chi connectivity index (χ3n) is 5.78. The van der Waals surface area contributed by atoms with Crippen molar-refractivity contribution in [3.63, 3.8) is 0 Å². The molecule has 3 N–H and O–H groups in total. The lowest BCUT2D eigenvalue weighted by atomic mass is 10.2. The van der Waals surface area contributed by atoms with Crippen molar-refractivity contribution in [2.24, 2.45) is 0 Å². The number of hydrogen-bond acceptors (Lipinski definition) is 6. The van der Waals surface area contributed by atoms with Crippen molar-refractivity contribution in [3.8, 4) is 11.6 Å². The van der Waals surface area contributed by atoms with E-state index in [2.05, 4.69) is 16.5 Å². The van der Waals surface area contributed by atoms with Crippen LogP contribution in [0.2, 0.25) is 0 Å². The third-order valence-corrected chi connectivity index (χ3v) is 5.78. The van der Waals surface area contributed by atoms with E-state index in [0.717, 1.165) is 11.6 Å². The number of carbonyl (C=O) groups is 1. The molecule has 3 aromatic heterocycles. The van der Waals surface area contributed by atoms with Crippen LogP contribution in [-0.2, 0) is 17.9 Å². The molecule has 9 nitrogen and oxygen atoms in total. The van der Waals surface area contributed by atoms with Gasteiger partial charge in [0, 0.05) is 30.7 Å². The fourth-order valence-corrected chi connectivity index (χ4v) is 4.15. The van der Waals surface area contributed by atoms with E-state index in [0.29, 0.717) is 47.4 Å². The Morgan fingerprint density at radius 1 is 1.20 bits per heavy atom. The molecular formula is C25H22FN7O2. The molecule has 0 saturated heterocycles. The molecule has 0 fully saturated rings. The number of fused-ring (bicyclic) bond motifs is 2. The summed E-state index contributed by atoms with van der Waals surface area (Å²) in [5.41, 5.74) is 8.04. The number of phenolic OH excluding ortho intramolecular Hbond substituents is 1. The van der Waals surface area contributed by atoms with Gasteiger partial charge in [-0.15, -0.1) is 0 Å². The maximum Gasteiger partial charge on any atom is 0.246 e. The monoisotopic (exact) mass is 471 g/mol. The number of hydrogen-bond donors (Lipinski definition) is 2. The van der Waals surface area contributed by atoms with Crippen LogP contribution in [0, 0.1) is 5.82 Å². The molecule has 35 heavy (non-hydrogen) atoms. The third kappa shape index (κ3) is 4.05. The van der Waals surface area contributed by atoms with Crippen molar-refractivity contribution in [2.45, 2.75) is 13.1 Å². The molecule has 10 heteroatoms. The van der Waals surface area contributed by atoms with Crippen molar-refractivity contribution in [1.82, 2.24) is 29.2 Å². The van der Waals surface area contributed by atoms with E-state index in [1.54, 1.807) is 26.4 Å². The fourth-order valence-electron chi connectivity index (χ4n) is 4.15. The molecule has 0 aliphatic carbocycles. The van der Waals surface area contributed by atoms with Gasteiger partial charge in [-0.05, 0) is 23.8 Å². The van der Waals surface area contributed by atoms with E-state index in [4.69, 9.17) is 10.8 Å². The standard InChI is InChI=1S/C25H22FN7O2/c1-2-20(35)31(14-16-6-4-3-5-7-16)10-11-33-24-21(23(27)28-15-29-24)25(30-33)32-9-8-17-12-18(26)13-19(34)22(17)32/h2-9,12-13,15,34H,1,10-11,14H2,(H2,27,28,29). The van der Waals surface area contributed by atoms with Gasteiger partial charge >= 0.3 is 0 Å².